The van der Waals surface area contributed by atoms with E-state index in [0.717, 1.165) is 23.6 Å². The fourth-order valence-corrected chi connectivity index (χ4v) is 3.12. The van der Waals surface area contributed by atoms with Gasteiger partial charge in [-0.15, -0.1) is 24.0 Å². The summed E-state index contributed by atoms with van der Waals surface area (Å²) in [6.07, 6.45) is 5.51. The first-order valence-electron chi connectivity index (χ1n) is 9.52. The van der Waals surface area contributed by atoms with E-state index in [4.69, 9.17) is 0 Å². The third-order valence-corrected chi connectivity index (χ3v) is 4.51. The number of alkyl halides is 2. The van der Waals surface area contributed by atoms with Crippen molar-refractivity contribution in [1.29, 1.82) is 0 Å². The molecule has 0 fully saturated rings. The molecule has 0 saturated heterocycles. The second-order valence-electron chi connectivity index (χ2n) is 6.83. The van der Waals surface area contributed by atoms with Crippen molar-refractivity contribution in [1.82, 2.24) is 19.8 Å². The van der Waals surface area contributed by atoms with E-state index in [1.54, 1.807) is 31.7 Å². The maximum atomic E-state index is 12.3. The molecule has 9 heteroatoms. The molecule has 3 rings (SSSR count). The Labute approximate surface area is 198 Å². The highest BCUT2D eigenvalue weighted by molar-refractivity contribution is 14.0. The highest BCUT2D eigenvalue weighted by Gasteiger charge is 2.08. The van der Waals surface area contributed by atoms with Crippen LogP contribution in [0.15, 0.2) is 72.2 Å². The number of ether oxygens (including phenoxy) is 1. The predicted octanol–water partition coefficient (Wildman–Crippen LogP) is 4.36. The molecule has 0 saturated carbocycles. The van der Waals surface area contributed by atoms with Crippen LogP contribution in [0.25, 0.3) is 0 Å². The molecule has 1 heterocycles. The molecule has 31 heavy (non-hydrogen) atoms. The van der Waals surface area contributed by atoms with E-state index in [9.17, 15) is 8.78 Å². The van der Waals surface area contributed by atoms with Gasteiger partial charge < -0.3 is 19.5 Å². The second kappa shape index (κ2) is 12.2. The first-order valence-corrected chi connectivity index (χ1v) is 9.52. The monoisotopic (exact) mass is 541 g/mol. The smallest absolute Gasteiger partial charge is 0.387 e. The lowest BCUT2D eigenvalue weighted by Crippen LogP contribution is -2.38. The van der Waals surface area contributed by atoms with E-state index >= 15 is 0 Å². The van der Waals surface area contributed by atoms with Gasteiger partial charge in [-0.3, -0.25) is 4.99 Å². The number of aromatic nitrogens is 2. The molecule has 0 unspecified atom stereocenters. The van der Waals surface area contributed by atoms with Gasteiger partial charge in [-0.1, -0.05) is 36.4 Å². The Hall–Kier alpha value is -2.69. The van der Waals surface area contributed by atoms with Crippen LogP contribution in [0.2, 0.25) is 0 Å². The molecule has 166 valence electrons. The normalized spacial score (nSPS) is 11.2. The van der Waals surface area contributed by atoms with E-state index in [0.29, 0.717) is 13.1 Å². The van der Waals surface area contributed by atoms with Gasteiger partial charge in [-0.05, 0) is 28.8 Å². The van der Waals surface area contributed by atoms with E-state index in [1.807, 2.05) is 28.8 Å². The van der Waals surface area contributed by atoms with Crippen LogP contribution >= 0.6 is 24.0 Å². The molecule has 0 spiro atoms. The predicted molar refractivity (Wildman–Crippen MR) is 128 cm³/mol. The van der Waals surface area contributed by atoms with Crippen LogP contribution in [0.1, 0.15) is 16.7 Å². The van der Waals surface area contributed by atoms with Crippen LogP contribution in [-0.2, 0) is 19.6 Å². The van der Waals surface area contributed by atoms with Gasteiger partial charge in [-0.2, -0.15) is 8.78 Å². The number of nitrogens with zero attached hydrogens (tertiary/aromatic N) is 4. The van der Waals surface area contributed by atoms with Gasteiger partial charge in [0.15, 0.2) is 5.96 Å². The van der Waals surface area contributed by atoms with Crippen LogP contribution < -0.4 is 10.1 Å². The summed E-state index contributed by atoms with van der Waals surface area (Å²) in [5, 5.41) is 3.36. The summed E-state index contributed by atoms with van der Waals surface area (Å²) >= 11 is 0. The lowest BCUT2D eigenvalue weighted by Gasteiger charge is -2.22. The zero-order chi connectivity index (χ0) is 21.3. The van der Waals surface area contributed by atoms with Crippen molar-refractivity contribution in [2.24, 2.45) is 4.99 Å². The summed E-state index contributed by atoms with van der Waals surface area (Å²) in [6.45, 7) is -0.834. The zero-order valence-electron chi connectivity index (χ0n) is 17.4. The molecular weight excluding hydrogens is 515 g/mol. The van der Waals surface area contributed by atoms with Crippen molar-refractivity contribution in [3.8, 4) is 5.75 Å². The molecule has 0 aliphatic heterocycles. The minimum Gasteiger partial charge on any atom is -0.435 e. The molecule has 2 aromatic carbocycles. The Balaban J connectivity index is 0.00000341. The molecule has 0 aliphatic carbocycles. The van der Waals surface area contributed by atoms with Crippen LogP contribution in [0, 0.1) is 0 Å². The van der Waals surface area contributed by atoms with E-state index in [-0.39, 0.29) is 29.7 Å². The molecule has 1 aromatic heterocycles. The number of hydrogen-bond acceptors (Lipinski definition) is 3. The number of hydrogen-bond donors (Lipinski definition) is 1. The van der Waals surface area contributed by atoms with Gasteiger partial charge in [0.1, 0.15) is 5.75 Å². The number of halogens is 3. The third-order valence-electron chi connectivity index (χ3n) is 4.51. The van der Waals surface area contributed by atoms with Gasteiger partial charge in [0.05, 0.1) is 6.33 Å². The van der Waals surface area contributed by atoms with Gasteiger partial charge in [0.25, 0.3) is 0 Å². The van der Waals surface area contributed by atoms with Gasteiger partial charge >= 0.3 is 6.61 Å². The summed E-state index contributed by atoms with van der Waals surface area (Å²) < 4.78 is 30.9. The fourth-order valence-electron chi connectivity index (χ4n) is 3.12. The summed E-state index contributed by atoms with van der Waals surface area (Å²) in [4.78, 5) is 10.4. The molecule has 0 amide bonds. The largest absolute Gasteiger partial charge is 0.435 e. The molecule has 0 aliphatic rings. The van der Waals surface area contributed by atoms with Crippen molar-refractivity contribution in [3.63, 3.8) is 0 Å². The molecule has 3 aromatic rings. The van der Waals surface area contributed by atoms with Crippen molar-refractivity contribution in [3.05, 3.63) is 83.9 Å². The lowest BCUT2D eigenvalue weighted by atomic mass is 10.1. The molecule has 0 bridgehead atoms. The Morgan fingerprint density at radius 3 is 2.55 bits per heavy atom. The Morgan fingerprint density at radius 1 is 1.16 bits per heavy atom. The summed E-state index contributed by atoms with van der Waals surface area (Å²) in [5.74, 6) is 0.886. The molecule has 6 nitrogen and oxygen atoms in total. The molecule has 0 radical (unpaired) electrons. The maximum Gasteiger partial charge on any atom is 0.387 e. The first kappa shape index (κ1) is 24.6. The molecular formula is C22H26F2IN5O. The lowest BCUT2D eigenvalue weighted by molar-refractivity contribution is -0.0498. The number of nitrogens with one attached hydrogen (secondary N) is 1. The number of benzene rings is 2. The standard InChI is InChI=1S/C22H25F2N5O.HI/c1-25-22(28(2)14-17-6-8-20(9-7-17)30-21(23)24)27-13-18-4-3-5-19(12-18)15-29-11-10-26-16-29;/h3-12,16,21H,13-15H2,1-2H3,(H,25,27);1H. The van der Waals surface area contributed by atoms with Crippen LogP contribution in [0.4, 0.5) is 8.78 Å². The first-order chi connectivity index (χ1) is 14.5. The summed E-state index contributed by atoms with van der Waals surface area (Å²) in [5.41, 5.74) is 3.31. The number of rotatable bonds is 8. The summed E-state index contributed by atoms with van der Waals surface area (Å²) in [7, 11) is 3.66. The van der Waals surface area contributed by atoms with Crippen LogP contribution in [0.3, 0.4) is 0 Å². The highest BCUT2D eigenvalue weighted by Crippen LogP contribution is 2.16. The van der Waals surface area contributed by atoms with Crippen molar-refractivity contribution in [2.75, 3.05) is 14.1 Å². The second-order valence-corrected chi connectivity index (χ2v) is 6.83. The zero-order valence-corrected chi connectivity index (χ0v) is 19.7. The van der Waals surface area contributed by atoms with Crippen LogP contribution in [0.5, 0.6) is 5.75 Å². The number of guanidine groups is 1. The Morgan fingerprint density at radius 2 is 1.90 bits per heavy atom. The van der Waals surface area contributed by atoms with Gasteiger partial charge in [-0.25, -0.2) is 4.98 Å². The van der Waals surface area contributed by atoms with E-state index in [1.165, 1.54) is 17.7 Å². The SMILES string of the molecule is CN=C(NCc1cccc(Cn2ccnc2)c1)N(C)Cc1ccc(OC(F)F)cc1.I. The fraction of sp³-hybridized carbons (Fsp3) is 0.273. The van der Waals surface area contributed by atoms with Crippen molar-refractivity contribution in [2.45, 2.75) is 26.2 Å². The van der Waals surface area contributed by atoms with Crippen LogP contribution in [-0.4, -0.2) is 41.1 Å². The third kappa shape index (κ3) is 7.82. The van der Waals surface area contributed by atoms with E-state index in [2.05, 4.69) is 38.2 Å². The maximum absolute atomic E-state index is 12.3. The van der Waals surface area contributed by atoms with Gasteiger partial charge in [0.2, 0.25) is 0 Å². The Bertz CT molecular complexity index is 949. The average Bonchev–Trinajstić information content (AvgIpc) is 3.23. The Kier molecular flexibility index (Phi) is 9.70. The minimum absolute atomic E-state index is 0. The topological polar surface area (TPSA) is 54.7 Å². The molecule has 0 atom stereocenters. The van der Waals surface area contributed by atoms with E-state index < -0.39 is 6.61 Å². The quantitative estimate of drug-likeness (QED) is 0.262. The van der Waals surface area contributed by atoms with Crippen molar-refractivity contribution < 1.29 is 13.5 Å². The number of aliphatic imine (C=N–C) groups is 1. The highest BCUT2D eigenvalue weighted by atomic mass is 127. The summed E-state index contributed by atoms with van der Waals surface area (Å²) in [6, 6.07) is 15.0. The number of imidazole rings is 1. The minimum atomic E-state index is -2.82. The molecule has 1 N–H and O–H groups in total. The average molecular weight is 541 g/mol. The van der Waals surface area contributed by atoms with Gasteiger partial charge in [0, 0.05) is 46.1 Å². The van der Waals surface area contributed by atoms with Crippen molar-refractivity contribution >= 4 is 29.9 Å².